The first-order valence-electron chi connectivity index (χ1n) is 16.2. The summed E-state index contributed by atoms with van der Waals surface area (Å²) in [6.07, 6.45) is 3.70. The Morgan fingerprint density at radius 1 is 0.875 bits per heavy atom. The van der Waals surface area contributed by atoms with Crippen LogP contribution in [0.3, 0.4) is 0 Å². The molecule has 48 heavy (non-hydrogen) atoms. The number of thioether (sulfide) groups is 1. The summed E-state index contributed by atoms with van der Waals surface area (Å²) in [5.41, 5.74) is 7.50. The summed E-state index contributed by atoms with van der Waals surface area (Å²) < 4.78 is 14.0. The molecule has 2 heterocycles. The van der Waals surface area contributed by atoms with E-state index in [1.54, 1.807) is 28.6 Å². The third-order valence-corrected chi connectivity index (χ3v) is 10.2. The second kappa shape index (κ2) is 18.2. The van der Waals surface area contributed by atoms with E-state index in [2.05, 4.69) is 39.8 Å². The normalized spacial score (nSPS) is 17.6. The molecule has 1 fully saturated rings. The van der Waals surface area contributed by atoms with Gasteiger partial charge in [0, 0.05) is 37.1 Å². The highest BCUT2D eigenvalue weighted by molar-refractivity contribution is 8.01. The van der Waals surface area contributed by atoms with E-state index in [0.717, 1.165) is 67.7 Å². The van der Waals surface area contributed by atoms with Crippen LogP contribution in [-0.2, 0) is 32.2 Å². The number of aromatic nitrogens is 2. The van der Waals surface area contributed by atoms with Gasteiger partial charge < -0.3 is 19.9 Å². The maximum absolute atomic E-state index is 12.4. The number of carbonyl (C=O) groups is 2. The number of rotatable bonds is 16. The molecular formula is C36H42N4O6S2. The Balaban J connectivity index is 1.21. The van der Waals surface area contributed by atoms with Crippen LogP contribution in [0.4, 0.5) is 0 Å². The van der Waals surface area contributed by atoms with Crippen molar-refractivity contribution in [1.29, 1.82) is 0 Å². The Bertz CT molecular complexity index is 1630. The van der Waals surface area contributed by atoms with Crippen molar-refractivity contribution in [2.75, 3.05) is 5.75 Å². The number of nitrogens with one attached hydrogen (secondary N) is 2. The molecule has 1 aliphatic heterocycles. The zero-order valence-corrected chi connectivity index (χ0v) is 28.6. The van der Waals surface area contributed by atoms with Crippen LogP contribution in [0.15, 0.2) is 77.1 Å². The summed E-state index contributed by atoms with van der Waals surface area (Å²) in [6, 6.07) is 24.2. The second-order valence-corrected chi connectivity index (χ2v) is 14.2. The highest BCUT2D eigenvalue weighted by Gasteiger charge is 2.32. The molecule has 1 aromatic heterocycles. The van der Waals surface area contributed by atoms with Gasteiger partial charge in [-0.3, -0.25) is 14.8 Å². The van der Waals surface area contributed by atoms with Crippen molar-refractivity contribution >= 4 is 34.9 Å². The largest absolute Gasteiger partial charge is 0.392 e. The number of hydrogen-bond donors (Lipinski definition) is 4. The standard InChI is InChI=1S/C36H42N4O6S2/c1-24-38-39-36(48-24)47-23-31-20-32(27-16-14-25(22-41)15-17-27)46-35(45-31)30-11-7-10-29(19-30)28-9-6-8-26(18-28)21-37-33(42)12-4-2-3-5-13-34(43)40-44/h6-11,14-19,31-32,35,41,44H,2-5,12-13,20-23H2,1H3,(H,37,42)(H,40,43). The van der Waals surface area contributed by atoms with Gasteiger partial charge in [0.1, 0.15) is 5.01 Å². The Labute approximate surface area is 289 Å². The van der Waals surface area contributed by atoms with Crippen molar-refractivity contribution in [3.8, 4) is 11.1 Å². The van der Waals surface area contributed by atoms with Crippen LogP contribution in [0.1, 0.15) is 84.6 Å². The number of ether oxygens (including phenoxy) is 2. The monoisotopic (exact) mass is 690 g/mol. The van der Waals surface area contributed by atoms with Crippen LogP contribution in [0.5, 0.6) is 0 Å². The number of amides is 2. The molecule has 0 aliphatic carbocycles. The van der Waals surface area contributed by atoms with Crippen molar-refractivity contribution in [2.24, 2.45) is 0 Å². The van der Waals surface area contributed by atoms with E-state index < -0.39 is 6.29 Å². The van der Waals surface area contributed by atoms with E-state index in [1.807, 2.05) is 55.5 Å². The molecule has 0 radical (unpaired) electrons. The summed E-state index contributed by atoms with van der Waals surface area (Å²) in [5, 5.41) is 30.4. The van der Waals surface area contributed by atoms with E-state index >= 15 is 0 Å². The lowest BCUT2D eigenvalue weighted by atomic mass is 9.99. The summed E-state index contributed by atoms with van der Waals surface area (Å²) in [6.45, 7) is 2.38. The van der Waals surface area contributed by atoms with Crippen LogP contribution in [0.25, 0.3) is 11.1 Å². The zero-order chi connectivity index (χ0) is 33.7. The first-order valence-corrected chi connectivity index (χ1v) is 18.0. The van der Waals surface area contributed by atoms with E-state index in [9.17, 15) is 14.7 Å². The number of hydroxylamine groups is 1. The maximum Gasteiger partial charge on any atom is 0.243 e. The van der Waals surface area contributed by atoms with Crippen LogP contribution in [0, 0.1) is 6.92 Å². The van der Waals surface area contributed by atoms with Gasteiger partial charge >= 0.3 is 0 Å². The molecule has 3 atom stereocenters. The molecule has 4 N–H and O–H groups in total. The number of unbranched alkanes of at least 4 members (excludes halogenated alkanes) is 3. The molecule has 0 spiro atoms. The van der Waals surface area contributed by atoms with Gasteiger partial charge in [-0.25, -0.2) is 5.48 Å². The van der Waals surface area contributed by atoms with Gasteiger partial charge in [0.25, 0.3) is 0 Å². The molecule has 4 aromatic rings. The predicted molar refractivity (Wildman–Crippen MR) is 185 cm³/mol. The van der Waals surface area contributed by atoms with Gasteiger partial charge in [0.15, 0.2) is 10.6 Å². The molecule has 1 aliphatic rings. The molecule has 5 rings (SSSR count). The van der Waals surface area contributed by atoms with E-state index in [0.29, 0.717) is 25.8 Å². The molecule has 0 bridgehead atoms. The minimum absolute atomic E-state index is 0.00312. The highest BCUT2D eigenvalue weighted by atomic mass is 32.2. The summed E-state index contributed by atoms with van der Waals surface area (Å²) in [7, 11) is 0. The molecule has 1 saturated heterocycles. The fourth-order valence-corrected chi connectivity index (χ4v) is 7.38. The molecule has 12 heteroatoms. The van der Waals surface area contributed by atoms with E-state index in [-0.39, 0.29) is 37.0 Å². The average molecular weight is 691 g/mol. The van der Waals surface area contributed by atoms with Crippen molar-refractivity contribution < 1.29 is 29.4 Å². The number of nitrogens with zero attached hydrogens (tertiary/aromatic N) is 2. The van der Waals surface area contributed by atoms with Crippen molar-refractivity contribution in [1.82, 2.24) is 21.0 Å². The van der Waals surface area contributed by atoms with Gasteiger partial charge in [0.05, 0.1) is 18.8 Å². The number of hydrogen-bond acceptors (Lipinski definition) is 10. The Morgan fingerprint density at radius 2 is 1.60 bits per heavy atom. The van der Waals surface area contributed by atoms with Crippen molar-refractivity contribution in [2.45, 2.75) is 87.9 Å². The van der Waals surface area contributed by atoms with Gasteiger partial charge in [0.2, 0.25) is 11.8 Å². The van der Waals surface area contributed by atoms with Crippen LogP contribution >= 0.6 is 23.1 Å². The van der Waals surface area contributed by atoms with Crippen molar-refractivity contribution in [3.63, 3.8) is 0 Å². The minimum Gasteiger partial charge on any atom is -0.392 e. The number of aliphatic hydroxyl groups excluding tert-OH is 1. The van der Waals surface area contributed by atoms with Crippen LogP contribution in [-0.4, -0.2) is 44.2 Å². The lowest BCUT2D eigenvalue weighted by Gasteiger charge is -2.36. The lowest BCUT2D eigenvalue weighted by molar-refractivity contribution is -0.245. The first-order chi connectivity index (χ1) is 23.4. The van der Waals surface area contributed by atoms with E-state index in [4.69, 9.17) is 14.7 Å². The van der Waals surface area contributed by atoms with Gasteiger partial charge in [-0.15, -0.1) is 10.2 Å². The fraction of sp³-hybridized carbons (Fsp3) is 0.389. The smallest absolute Gasteiger partial charge is 0.243 e. The molecule has 3 aromatic carbocycles. The zero-order valence-electron chi connectivity index (χ0n) is 27.0. The predicted octanol–water partition coefficient (Wildman–Crippen LogP) is 6.81. The number of carbonyl (C=O) groups excluding carboxylic acids is 2. The Kier molecular flexibility index (Phi) is 13.5. The first kappa shape index (κ1) is 35.7. The maximum atomic E-state index is 12.4. The number of aryl methyl sites for hydroxylation is 1. The highest BCUT2D eigenvalue weighted by Crippen LogP contribution is 2.40. The summed E-state index contributed by atoms with van der Waals surface area (Å²) in [4.78, 5) is 23.5. The van der Waals surface area contributed by atoms with E-state index in [1.165, 1.54) is 0 Å². The second-order valence-electron chi connectivity index (χ2n) is 11.8. The number of benzene rings is 3. The average Bonchev–Trinajstić information content (AvgIpc) is 3.56. The Morgan fingerprint density at radius 3 is 2.31 bits per heavy atom. The minimum atomic E-state index is -0.572. The molecule has 254 valence electrons. The van der Waals surface area contributed by atoms with Gasteiger partial charge in [-0.1, -0.05) is 96.6 Å². The summed E-state index contributed by atoms with van der Waals surface area (Å²) >= 11 is 3.22. The SMILES string of the molecule is Cc1nnc(SCC2CC(c3ccc(CO)cc3)OC(c3cccc(-c4cccc(CNC(=O)CCCCCCC(=O)NO)c4)c3)O2)s1. The molecular weight excluding hydrogens is 649 g/mol. The Hall–Kier alpha value is -3.65. The van der Waals surface area contributed by atoms with Gasteiger partial charge in [-0.05, 0) is 59.7 Å². The topological polar surface area (TPSA) is 143 Å². The third kappa shape index (κ3) is 10.7. The quantitative estimate of drug-likeness (QED) is 0.0432. The van der Waals surface area contributed by atoms with Gasteiger partial charge in [-0.2, -0.15) is 0 Å². The third-order valence-electron chi connectivity index (χ3n) is 8.11. The number of aliphatic hydroxyl groups is 1. The fourth-order valence-electron chi connectivity index (χ4n) is 5.52. The summed E-state index contributed by atoms with van der Waals surface area (Å²) in [5.74, 6) is 0.333. The van der Waals surface area contributed by atoms with Crippen molar-refractivity contribution in [3.05, 3.63) is 100 Å². The molecule has 0 saturated carbocycles. The molecule has 3 unspecified atom stereocenters. The molecule has 2 amide bonds. The lowest BCUT2D eigenvalue weighted by Crippen LogP contribution is -2.31. The molecule has 10 nitrogen and oxygen atoms in total. The van der Waals surface area contributed by atoms with Crippen LogP contribution in [0.2, 0.25) is 0 Å². The van der Waals surface area contributed by atoms with Crippen LogP contribution < -0.4 is 10.8 Å².